The van der Waals surface area contributed by atoms with Crippen molar-refractivity contribution < 1.29 is 4.74 Å². The van der Waals surface area contributed by atoms with Crippen molar-refractivity contribution in [1.82, 2.24) is 5.32 Å². The third-order valence-corrected chi connectivity index (χ3v) is 3.98. The molecule has 0 aliphatic heterocycles. The minimum atomic E-state index is 0.751. The lowest BCUT2D eigenvalue weighted by atomic mass is 10.1. The molecule has 0 fully saturated rings. The molecule has 0 heterocycles. The molecular weight excluding hydrogens is 272 g/mol. The van der Waals surface area contributed by atoms with Gasteiger partial charge in [-0.1, -0.05) is 33.3 Å². The van der Waals surface area contributed by atoms with E-state index in [0.29, 0.717) is 0 Å². The van der Waals surface area contributed by atoms with Crippen LogP contribution in [-0.2, 0) is 6.54 Å². The highest BCUT2D eigenvalue weighted by Gasteiger charge is 2.11. The first kappa shape index (κ1) is 18.8. The average molecular weight is 306 g/mol. The number of hydrogen-bond acceptors (Lipinski definition) is 3. The van der Waals surface area contributed by atoms with Crippen LogP contribution in [0.5, 0.6) is 5.75 Å². The summed E-state index contributed by atoms with van der Waals surface area (Å²) >= 11 is 0. The second kappa shape index (κ2) is 10.5. The topological polar surface area (TPSA) is 24.5 Å². The molecule has 0 bridgehead atoms. The molecule has 1 aromatic carbocycles. The van der Waals surface area contributed by atoms with Crippen molar-refractivity contribution in [3.05, 3.63) is 23.8 Å². The van der Waals surface area contributed by atoms with E-state index in [2.05, 4.69) is 56.1 Å². The summed E-state index contributed by atoms with van der Waals surface area (Å²) in [4.78, 5) is 2.40. The third-order valence-electron chi connectivity index (χ3n) is 3.98. The van der Waals surface area contributed by atoms with Gasteiger partial charge in [0, 0.05) is 19.6 Å². The highest BCUT2D eigenvalue weighted by atomic mass is 16.5. The second-order valence-corrected chi connectivity index (χ2v) is 6.30. The maximum absolute atomic E-state index is 5.62. The standard InChI is InChI=1S/C19H34N2O/c1-6-8-13-21(7-2)18-10-9-17(14-19(18)22-5)15-20-12-11-16(3)4/h9-10,14,16,20H,6-8,11-13,15H2,1-5H3. The van der Waals surface area contributed by atoms with Crippen LogP contribution in [0.3, 0.4) is 0 Å². The lowest BCUT2D eigenvalue weighted by Crippen LogP contribution is -2.24. The minimum Gasteiger partial charge on any atom is -0.495 e. The van der Waals surface area contributed by atoms with E-state index in [1.165, 1.54) is 30.5 Å². The van der Waals surface area contributed by atoms with Crippen LogP contribution in [0.25, 0.3) is 0 Å². The summed E-state index contributed by atoms with van der Waals surface area (Å²) in [7, 11) is 1.77. The summed E-state index contributed by atoms with van der Waals surface area (Å²) in [5.74, 6) is 1.74. The van der Waals surface area contributed by atoms with Gasteiger partial charge in [0.2, 0.25) is 0 Å². The van der Waals surface area contributed by atoms with Gasteiger partial charge in [-0.3, -0.25) is 0 Å². The van der Waals surface area contributed by atoms with Crippen LogP contribution < -0.4 is 15.0 Å². The molecule has 22 heavy (non-hydrogen) atoms. The molecular formula is C19H34N2O. The molecule has 0 saturated carbocycles. The van der Waals surface area contributed by atoms with Crippen molar-refractivity contribution >= 4 is 5.69 Å². The number of ether oxygens (including phenoxy) is 1. The van der Waals surface area contributed by atoms with E-state index in [-0.39, 0.29) is 0 Å². The largest absolute Gasteiger partial charge is 0.495 e. The van der Waals surface area contributed by atoms with Crippen LogP contribution in [0.4, 0.5) is 5.69 Å². The number of unbranched alkanes of at least 4 members (excludes halogenated alkanes) is 1. The van der Waals surface area contributed by atoms with Crippen molar-refractivity contribution in [2.75, 3.05) is 31.6 Å². The summed E-state index contributed by atoms with van der Waals surface area (Å²) in [5.41, 5.74) is 2.50. The smallest absolute Gasteiger partial charge is 0.142 e. The lowest BCUT2D eigenvalue weighted by molar-refractivity contribution is 0.413. The Morgan fingerprint density at radius 3 is 2.59 bits per heavy atom. The Morgan fingerprint density at radius 1 is 1.23 bits per heavy atom. The predicted molar refractivity (Wildman–Crippen MR) is 97.0 cm³/mol. The van der Waals surface area contributed by atoms with Crippen LogP contribution in [0, 0.1) is 5.92 Å². The number of hydrogen-bond donors (Lipinski definition) is 1. The third kappa shape index (κ3) is 6.27. The molecule has 0 atom stereocenters. The van der Waals surface area contributed by atoms with Gasteiger partial charge in [0.1, 0.15) is 5.75 Å². The van der Waals surface area contributed by atoms with Crippen molar-refractivity contribution in [3.63, 3.8) is 0 Å². The summed E-state index contributed by atoms with van der Waals surface area (Å²) in [6.07, 6.45) is 3.65. The maximum Gasteiger partial charge on any atom is 0.142 e. The Hall–Kier alpha value is -1.22. The Bertz CT molecular complexity index is 418. The van der Waals surface area contributed by atoms with Crippen molar-refractivity contribution in [3.8, 4) is 5.75 Å². The fourth-order valence-electron chi connectivity index (χ4n) is 2.51. The number of anilines is 1. The van der Waals surface area contributed by atoms with Gasteiger partial charge in [0.25, 0.3) is 0 Å². The van der Waals surface area contributed by atoms with Gasteiger partial charge >= 0.3 is 0 Å². The van der Waals surface area contributed by atoms with E-state index in [1.807, 2.05) is 0 Å². The molecule has 0 aliphatic carbocycles. The van der Waals surface area contributed by atoms with Gasteiger partial charge in [0.15, 0.2) is 0 Å². The average Bonchev–Trinajstić information content (AvgIpc) is 2.52. The zero-order valence-corrected chi connectivity index (χ0v) is 15.1. The molecule has 0 spiro atoms. The van der Waals surface area contributed by atoms with E-state index < -0.39 is 0 Å². The Morgan fingerprint density at radius 2 is 2.00 bits per heavy atom. The van der Waals surface area contributed by atoms with E-state index >= 15 is 0 Å². The number of methoxy groups -OCH3 is 1. The summed E-state index contributed by atoms with van der Waals surface area (Å²) < 4.78 is 5.62. The zero-order valence-electron chi connectivity index (χ0n) is 15.1. The predicted octanol–water partition coefficient (Wildman–Crippen LogP) is 4.46. The molecule has 0 amide bonds. The monoisotopic (exact) mass is 306 g/mol. The first-order valence-electron chi connectivity index (χ1n) is 8.74. The Kier molecular flexibility index (Phi) is 8.98. The Balaban J connectivity index is 2.68. The van der Waals surface area contributed by atoms with E-state index in [9.17, 15) is 0 Å². The van der Waals surface area contributed by atoms with Gasteiger partial charge < -0.3 is 15.0 Å². The van der Waals surface area contributed by atoms with Gasteiger partial charge in [-0.05, 0) is 49.9 Å². The summed E-state index contributed by atoms with van der Waals surface area (Å²) in [5, 5.41) is 3.51. The van der Waals surface area contributed by atoms with Crippen molar-refractivity contribution in [2.45, 2.75) is 53.5 Å². The quantitative estimate of drug-likeness (QED) is 0.611. The minimum absolute atomic E-state index is 0.751. The van der Waals surface area contributed by atoms with Crippen molar-refractivity contribution in [2.24, 2.45) is 5.92 Å². The fraction of sp³-hybridized carbons (Fsp3) is 0.684. The molecule has 1 aromatic rings. The van der Waals surface area contributed by atoms with Crippen LogP contribution in [0.2, 0.25) is 0 Å². The molecule has 0 unspecified atom stereocenters. The first-order chi connectivity index (χ1) is 10.6. The molecule has 0 aromatic heterocycles. The highest BCUT2D eigenvalue weighted by Crippen LogP contribution is 2.29. The molecule has 0 aliphatic rings. The van der Waals surface area contributed by atoms with E-state index in [1.54, 1.807) is 7.11 Å². The number of benzene rings is 1. The Labute approximate surface area is 137 Å². The molecule has 3 heteroatoms. The number of rotatable bonds is 11. The van der Waals surface area contributed by atoms with Crippen LogP contribution in [-0.4, -0.2) is 26.7 Å². The molecule has 1 N–H and O–H groups in total. The first-order valence-corrected chi connectivity index (χ1v) is 8.74. The molecule has 1 rings (SSSR count). The van der Waals surface area contributed by atoms with Crippen LogP contribution in [0.15, 0.2) is 18.2 Å². The van der Waals surface area contributed by atoms with E-state index in [4.69, 9.17) is 4.74 Å². The van der Waals surface area contributed by atoms with Crippen LogP contribution >= 0.6 is 0 Å². The summed E-state index contributed by atoms with van der Waals surface area (Å²) in [6.45, 7) is 13.0. The molecule has 3 nitrogen and oxygen atoms in total. The van der Waals surface area contributed by atoms with Gasteiger partial charge in [-0.25, -0.2) is 0 Å². The fourth-order valence-corrected chi connectivity index (χ4v) is 2.51. The van der Waals surface area contributed by atoms with Gasteiger partial charge in [-0.2, -0.15) is 0 Å². The number of nitrogens with zero attached hydrogens (tertiary/aromatic N) is 1. The maximum atomic E-state index is 5.62. The summed E-state index contributed by atoms with van der Waals surface area (Å²) in [6, 6.07) is 6.60. The SMILES string of the molecule is CCCCN(CC)c1ccc(CNCCC(C)C)cc1OC. The number of nitrogens with one attached hydrogen (secondary N) is 1. The zero-order chi connectivity index (χ0) is 16.4. The van der Waals surface area contributed by atoms with Crippen LogP contribution in [0.1, 0.15) is 52.5 Å². The molecule has 0 saturated heterocycles. The van der Waals surface area contributed by atoms with Gasteiger partial charge in [0.05, 0.1) is 12.8 Å². The van der Waals surface area contributed by atoms with Crippen molar-refractivity contribution in [1.29, 1.82) is 0 Å². The molecule has 126 valence electrons. The normalized spacial score (nSPS) is 11.0. The lowest BCUT2D eigenvalue weighted by Gasteiger charge is -2.25. The van der Waals surface area contributed by atoms with E-state index in [0.717, 1.165) is 37.8 Å². The highest BCUT2D eigenvalue weighted by molar-refractivity contribution is 5.59. The second-order valence-electron chi connectivity index (χ2n) is 6.30. The molecule has 0 radical (unpaired) electrons. The van der Waals surface area contributed by atoms with Gasteiger partial charge in [-0.15, -0.1) is 0 Å².